The molecule has 3 rings (SSSR count). The molecule has 1 saturated heterocycles. The van der Waals surface area contributed by atoms with Crippen LogP contribution in [0.3, 0.4) is 0 Å². The number of piperidine rings is 1. The lowest BCUT2D eigenvalue weighted by Crippen LogP contribution is -2.34. The number of nitrogens with zero attached hydrogens (tertiary/aromatic N) is 2. The van der Waals surface area contributed by atoms with E-state index in [9.17, 15) is 15.2 Å². The van der Waals surface area contributed by atoms with E-state index < -0.39 is 5.97 Å². The highest BCUT2D eigenvalue weighted by Gasteiger charge is 2.24. The number of nitriles is 1. The molecule has 0 spiro atoms. The van der Waals surface area contributed by atoms with Crippen molar-refractivity contribution in [1.82, 2.24) is 0 Å². The number of rotatable bonds is 6. The van der Waals surface area contributed by atoms with Gasteiger partial charge in [-0.3, -0.25) is 0 Å². The van der Waals surface area contributed by atoms with E-state index in [-0.39, 0.29) is 5.56 Å². The molecule has 28 heavy (non-hydrogen) atoms. The third kappa shape index (κ3) is 4.04. The van der Waals surface area contributed by atoms with Crippen LogP contribution in [-0.2, 0) is 6.42 Å². The Labute approximate surface area is 164 Å². The Bertz CT molecular complexity index is 896. The van der Waals surface area contributed by atoms with Gasteiger partial charge in [0.05, 0.1) is 25.5 Å². The van der Waals surface area contributed by atoms with Crippen LogP contribution in [0.1, 0.15) is 34.3 Å². The highest BCUT2D eigenvalue weighted by atomic mass is 16.5. The van der Waals surface area contributed by atoms with Crippen LogP contribution in [0.25, 0.3) is 0 Å². The number of hydrogen-bond acceptors (Lipinski definition) is 5. The predicted molar refractivity (Wildman–Crippen MR) is 106 cm³/mol. The molecule has 146 valence electrons. The number of ether oxygens (including phenoxy) is 2. The van der Waals surface area contributed by atoms with E-state index >= 15 is 0 Å². The molecule has 0 aliphatic carbocycles. The summed E-state index contributed by atoms with van der Waals surface area (Å²) in [5, 5.41) is 18.8. The summed E-state index contributed by atoms with van der Waals surface area (Å²) in [6, 6.07) is 13.2. The van der Waals surface area contributed by atoms with E-state index in [4.69, 9.17) is 9.47 Å². The van der Waals surface area contributed by atoms with Crippen molar-refractivity contribution in [3.8, 4) is 17.6 Å². The van der Waals surface area contributed by atoms with Gasteiger partial charge < -0.3 is 19.5 Å². The minimum Gasteiger partial charge on any atom is -0.496 e. The molecular weight excluding hydrogens is 356 g/mol. The van der Waals surface area contributed by atoms with Crippen LogP contribution in [0, 0.1) is 17.2 Å². The van der Waals surface area contributed by atoms with Gasteiger partial charge in [0.1, 0.15) is 23.1 Å². The number of hydrogen-bond donors (Lipinski definition) is 1. The van der Waals surface area contributed by atoms with E-state index in [2.05, 4.69) is 11.0 Å². The zero-order valence-corrected chi connectivity index (χ0v) is 16.1. The van der Waals surface area contributed by atoms with Gasteiger partial charge in [0, 0.05) is 19.2 Å². The Kier molecular flexibility index (Phi) is 6.05. The predicted octanol–water partition coefficient (Wildman–Crippen LogP) is 3.73. The second-order valence-corrected chi connectivity index (χ2v) is 6.93. The summed E-state index contributed by atoms with van der Waals surface area (Å²) in [6.45, 7) is 1.74. The van der Waals surface area contributed by atoms with E-state index in [0.29, 0.717) is 23.0 Å². The molecule has 0 amide bonds. The number of carbonyl (C=O) groups is 1. The Morgan fingerprint density at radius 3 is 2.46 bits per heavy atom. The van der Waals surface area contributed by atoms with E-state index in [1.165, 1.54) is 7.11 Å². The van der Waals surface area contributed by atoms with Gasteiger partial charge in [0.25, 0.3) is 0 Å². The maximum atomic E-state index is 11.5. The van der Waals surface area contributed by atoms with Crippen molar-refractivity contribution in [3.05, 3.63) is 53.1 Å². The lowest BCUT2D eigenvalue weighted by molar-refractivity contribution is 0.0693. The Morgan fingerprint density at radius 2 is 1.86 bits per heavy atom. The minimum atomic E-state index is -1.01. The fraction of sp³-hybridized carbons (Fsp3) is 0.364. The van der Waals surface area contributed by atoms with Gasteiger partial charge in [-0.2, -0.15) is 5.26 Å². The summed E-state index contributed by atoms with van der Waals surface area (Å²) >= 11 is 0. The number of carboxylic acid groups (broad SMARTS) is 1. The van der Waals surface area contributed by atoms with Crippen molar-refractivity contribution in [2.45, 2.75) is 19.3 Å². The molecule has 1 heterocycles. The van der Waals surface area contributed by atoms with Crippen LogP contribution in [0.4, 0.5) is 5.69 Å². The van der Waals surface area contributed by atoms with Gasteiger partial charge in [-0.1, -0.05) is 12.1 Å². The number of carboxylic acids is 1. The highest BCUT2D eigenvalue weighted by Crippen LogP contribution is 2.34. The number of para-hydroxylation sites is 1. The van der Waals surface area contributed by atoms with Gasteiger partial charge >= 0.3 is 5.97 Å². The van der Waals surface area contributed by atoms with E-state index in [0.717, 1.165) is 43.6 Å². The van der Waals surface area contributed by atoms with Crippen molar-refractivity contribution in [3.63, 3.8) is 0 Å². The average molecular weight is 380 g/mol. The van der Waals surface area contributed by atoms with Crippen LogP contribution in [0.2, 0.25) is 0 Å². The van der Waals surface area contributed by atoms with Crippen molar-refractivity contribution < 1.29 is 19.4 Å². The van der Waals surface area contributed by atoms with Gasteiger partial charge in [-0.25, -0.2) is 4.79 Å². The molecule has 0 radical (unpaired) electrons. The van der Waals surface area contributed by atoms with Gasteiger partial charge in [0.15, 0.2) is 0 Å². The van der Waals surface area contributed by atoms with Gasteiger partial charge in [-0.15, -0.1) is 0 Å². The standard InChI is InChI=1S/C22H24N2O4/c1-27-20-13-21(28-2)18(22(25)26)12-17(20)11-15-7-9-24(10-8-15)19-6-4-3-5-16(19)14-23/h3-6,12-13,15H,7-11H2,1-2H3,(H,25,26). The molecule has 0 saturated carbocycles. The summed E-state index contributed by atoms with van der Waals surface area (Å²) in [7, 11) is 3.04. The first-order chi connectivity index (χ1) is 13.6. The molecule has 1 N–H and O–H groups in total. The minimum absolute atomic E-state index is 0.152. The largest absolute Gasteiger partial charge is 0.496 e. The van der Waals surface area contributed by atoms with Crippen molar-refractivity contribution in [2.75, 3.05) is 32.2 Å². The van der Waals surface area contributed by atoms with E-state index in [1.807, 2.05) is 24.3 Å². The molecule has 6 heteroatoms. The van der Waals surface area contributed by atoms with Crippen LogP contribution in [-0.4, -0.2) is 38.4 Å². The monoisotopic (exact) mass is 380 g/mol. The average Bonchev–Trinajstić information content (AvgIpc) is 2.73. The third-order valence-corrected chi connectivity index (χ3v) is 5.32. The first-order valence-electron chi connectivity index (χ1n) is 9.29. The molecule has 0 unspecified atom stereocenters. The SMILES string of the molecule is COc1cc(OC)c(C(=O)O)cc1CC1CCN(c2ccccc2C#N)CC1. The Hall–Kier alpha value is -3.20. The lowest BCUT2D eigenvalue weighted by Gasteiger charge is -2.34. The molecule has 1 aliphatic heterocycles. The molecule has 2 aromatic rings. The van der Waals surface area contributed by atoms with E-state index in [1.54, 1.807) is 19.2 Å². The molecule has 1 aliphatic rings. The van der Waals surface area contributed by atoms with Crippen LogP contribution in [0.15, 0.2) is 36.4 Å². The summed E-state index contributed by atoms with van der Waals surface area (Å²) in [6.07, 6.45) is 2.69. The number of benzene rings is 2. The maximum absolute atomic E-state index is 11.5. The molecule has 0 bridgehead atoms. The number of methoxy groups -OCH3 is 2. The zero-order chi connectivity index (χ0) is 20.1. The Morgan fingerprint density at radius 1 is 1.18 bits per heavy atom. The smallest absolute Gasteiger partial charge is 0.339 e. The number of aromatic carboxylic acids is 1. The quantitative estimate of drug-likeness (QED) is 0.822. The van der Waals surface area contributed by atoms with Crippen molar-refractivity contribution in [1.29, 1.82) is 5.26 Å². The summed E-state index contributed by atoms with van der Waals surface area (Å²) in [5.74, 6) is 0.369. The lowest BCUT2D eigenvalue weighted by atomic mass is 9.88. The molecule has 6 nitrogen and oxygen atoms in total. The van der Waals surface area contributed by atoms with Crippen LogP contribution < -0.4 is 14.4 Å². The maximum Gasteiger partial charge on any atom is 0.339 e. The first kappa shape index (κ1) is 19.6. The summed E-state index contributed by atoms with van der Waals surface area (Å²) in [5.41, 5.74) is 2.72. The fourth-order valence-corrected chi connectivity index (χ4v) is 3.82. The second kappa shape index (κ2) is 8.66. The zero-order valence-electron chi connectivity index (χ0n) is 16.1. The van der Waals surface area contributed by atoms with Crippen molar-refractivity contribution >= 4 is 11.7 Å². The molecule has 0 aromatic heterocycles. The second-order valence-electron chi connectivity index (χ2n) is 6.93. The highest BCUT2D eigenvalue weighted by molar-refractivity contribution is 5.91. The van der Waals surface area contributed by atoms with Crippen molar-refractivity contribution in [2.24, 2.45) is 5.92 Å². The number of anilines is 1. The molecule has 1 fully saturated rings. The summed E-state index contributed by atoms with van der Waals surface area (Å²) in [4.78, 5) is 13.8. The third-order valence-electron chi connectivity index (χ3n) is 5.32. The molecule has 2 aromatic carbocycles. The van der Waals surface area contributed by atoms with Crippen LogP contribution >= 0.6 is 0 Å². The fourth-order valence-electron chi connectivity index (χ4n) is 3.82. The normalized spacial score (nSPS) is 14.4. The molecular formula is C22H24N2O4. The van der Waals surface area contributed by atoms with Gasteiger partial charge in [0.2, 0.25) is 0 Å². The summed E-state index contributed by atoms with van der Waals surface area (Å²) < 4.78 is 10.7. The molecule has 0 atom stereocenters. The first-order valence-corrected chi connectivity index (χ1v) is 9.29. The topological polar surface area (TPSA) is 82.8 Å². The van der Waals surface area contributed by atoms with Crippen LogP contribution in [0.5, 0.6) is 11.5 Å². The Balaban J connectivity index is 1.73. The van der Waals surface area contributed by atoms with Gasteiger partial charge in [-0.05, 0) is 48.9 Å².